The van der Waals surface area contributed by atoms with Gasteiger partial charge in [-0.3, -0.25) is 4.79 Å². The minimum absolute atomic E-state index is 0.0612. The van der Waals surface area contributed by atoms with Crippen LogP contribution in [-0.2, 0) is 17.6 Å². The number of Topliss-reactive ketones (excluding diaryl/α,β-unsaturated/α-hetero) is 1. The van der Waals surface area contributed by atoms with Crippen LogP contribution in [0.3, 0.4) is 0 Å². The van der Waals surface area contributed by atoms with Crippen molar-refractivity contribution in [2.75, 3.05) is 18.0 Å². The molecule has 0 bridgehead atoms. The number of hydrogen-bond acceptors (Lipinski definition) is 5. The van der Waals surface area contributed by atoms with Gasteiger partial charge in [0.15, 0.2) is 5.82 Å². The molecule has 1 unspecified atom stereocenters. The van der Waals surface area contributed by atoms with Crippen LogP contribution in [0.15, 0.2) is 36.4 Å². The topological polar surface area (TPSA) is 69.9 Å². The van der Waals surface area contributed by atoms with Crippen LogP contribution in [0, 0.1) is 24.2 Å². The summed E-state index contributed by atoms with van der Waals surface area (Å²) in [6.45, 7) is 3.63. The number of rotatable bonds is 5. The molecular formula is C20H22N4O. The molecular weight excluding hydrogens is 312 g/mol. The Kier molecular flexibility index (Phi) is 5.39. The third-order valence-corrected chi connectivity index (χ3v) is 4.50. The molecule has 1 aromatic carbocycles. The maximum Gasteiger partial charge on any atom is 0.151 e. The van der Waals surface area contributed by atoms with Crippen molar-refractivity contribution in [2.45, 2.75) is 32.6 Å². The molecule has 1 saturated heterocycles. The van der Waals surface area contributed by atoms with Gasteiger partial charge in [0.25, 0.3) is 0 Å². The van der Waals surface area contributed by atoms with E-state index in [1.54, 1.807) is 0 Å². The number of anilines is 1. The lowest BCUT2D eigenvalue weighted by atomic mass is 10.00. The fraction of sp³-hybridized carbons (Fsp3) is 0.400. The summed E-state index contributed by atoms with van der Waals surface area (Å²) >= 11 is 0. The van der Waals surface area contributed by atoms with Gasteiger partial charge in [0.05, 0.1) is 24.1 Å². The summed E-state index contributed by atoms with van der Waals surface area (Å²) in [5.74, 6) is 0.983. The molecule has 1 atom stereocenters. The molecule has 0 saturated carbocycles. The number of aryl methyl sites for hydroxylation is 1. The first-order valence-corrected chi connectivity index (χ1v) is 8.68. The smallest absolute Gasteiger partial charge is 0.151 e. The molecule has 0 amide bonds. The fourth-order valence-electron chi connectivity index (χ4n) is 3.22. The van der Waals surface area contributed by atoms with Crippen LogP contribution in [0.2, 0.25) is 0 Å². The molecule has 0 spiro atoms. The van der Waals surface area contributed by atoms with Crippen molar-refractivity contribution in [3.8, 4) is 6.07 Å². The Labute approximate surface area is 148 Å². The monoisotopic (exact) mass is 334 g/mol. The molecule has 2 heterocycles. The number of carbonyl (C=O) groups excluding carboxylic acids is 1. The molecule has 0 N–H and O–H groups in total. The Morgan fingerprint density at radius 1 is 1.28 bits per heavy atom. The Balaban J connectivity index is 1.59. The molecule has 0 aliphatic carbocycles. The molecule has 5 nitrogen and oxygen atoms in total. The van der Waals surface area contributed by atoms with E-state index in [9.17, 15) is 4.79 Å². The number of aromatic nitrogens is 2. The van der Waals surface area contributed by atoms with E-state index in [2.05, 4.69) is 21.2 Å². The number of piperidine rings is 1. The molecule has 2 aromatic rings. The molecule has 1 aliphatic heterocycles. The second-order valence-electron chi connectivity index (χ2n) is 6.68. The van der Waals surface area contributed by atoms with Gasteiger partial charge in [0.1, 0.15) is 5.78 Å². The third kappa shape index (κ3) is 4.63. The second kappa shape index (κ2) is 7.89. The predicted octanol–water partition coefficient (Wildman–Crippen LogP) is 2.88. The number of nitriles is 1. The summed E-state index contributed by atoms with van der Waals surface area (Å²) in [4.78, 5) is 14.3. The van der Waals surface area contributed by atoms with Gasteiger partial charge in [-0.25, -0.2) is 0 Å². The van der Waals surface area contributed by atoms with Gasteiger partial charge in [-0.15, -0.1) is 5.10 Å². The van der Waals surface area contributed by atoms with Crippen LogP contribution in [-0.4, -0.2) is 29.1 Å². The fourth-order valence-corrected chi connectivity index (χ4v) is 3.22. The zero-order chi connectivity index (χ0) is 17.6. The lowest BCUT2D eigenvalue weighted by Gasteiger charge is -2.30. The number of benzene rings is 1. The highest BCUT2D eigenvalue weighted by Crippen LogP contribution is 2.20. The van der Waals surface area contributed by atoms with Gasteiger partial charge in [0, 0.05) is 19.5 Å². The van der Waals surface area contributed by atoms with Gasteiger partial charge in [-0.1, -0.05) is 29.8 Å². The van der Waals surface area contributed by atoms with Crippen molar-refractivity contribution in [3.63, 3.8) is 0 Å². The highest BCUT2D eigenvalue weighted by molar-refractivity contribution is 5.82. The Morgan fingerprint density at radius 2 is 2.16 bits per heavy atom. The first kappa shape index (κ1) is 17.1. The first-order valence-electron chi connectivity index (χ1n) is 8.68. The van der Waals surface area contributed by atoms with Crippen LogP contribution in [0.25, 0.3) is 0 Å². The van der Waals surface area contributed by atoms with Gasteiger partial charge in [-0.05, 0) is 37.5 Å². The van der Waals surface area contributed by atoms with Crippen molar-refractivity contribution in [1.29, 1.82) is 5.26 Å². The van der Waals surface area contributed by atoms with Gasteiger partial charge >= 0.3 is 0 Å². The lowest BCUT2D eigenvalue weighted by Crippen LogP contribution is -2.35. The van der Waals surface area contributed by atoms with E-state index in [0.29, 0.717) is 25.1 Å². The first-order chi connectivity index (χ1) is 12.1. The molecule has 1 fully saturated rings. The maximum atomic E-state index is 12.2. The molecule has 0 radical (unpaired) electrons. The average molecular weight is 334 g/mol. The van der Waals surface area contributed by atoms with Crippen molar-refractivity contribution >= 4 is 11.6 Å². The zero-order valence-corrected chi connectivity index (χ0v) is 14.5. The third-order valence-electron chi connectivity index (χ3n) is 4.50. The normalized spacial score (nSPS) is 17.1. The molecule has 3 rings (SSSR count). The van der Waals surface area contributed by atoms with E-state index in [-0.39, 0.29) is 11.7 Å². The number of nitrogens with zero attached hydrogens (tertiary/aromatic N) is 4. The maximum absolute atomic E-state index is 12.2. The van der Waals surface area contributed by atoms with Crippen LogP contribution < -0.4 is 4.90 Å². The molecule has 1 aliphatic rings. The molecule has 128 valence electrons. The van der Waals surface area contributed by atoms with E-state index in [4.69, 9.17) is 5.26 Å². The Hall–Kier alpha value is -2.74. The highest BCUT2D eigenvalue weighted by Gasteiger charge is 2.20. The molecule has 5 heteroatoms. The van der Waals surface area contributed by atoms with E-state index in [0.717, 1.165) is 36.3 Å². The summed E-state index contributed by atoms with van der Waals surface area (Å²) < 4.78 is 0. The van der Waals surface area contributed by atoms with E-state index >= 15 is 0 Å². The SMILES string of the molecule is Cc1cccc(CC(=O)Cc2ccc(N3CCCC(C#N)C3)nn2)c1. The summed E-state index contributed by atoms with van der Waals surface area (Å²) in [6, 6.07) is 14.1. The van der Waals surface area contributed by atoms with Gasteiger partial charge < -0.3 is 4.90 Å². The number of hydrogen-bond donors (Lipinski definition) is 0. The summed E-state index contributed by atoms with van der Waals surface area (Å²) in [6.07, 6.45) is 2.66. The van der Waals surface area contributed by atoms with Crippen LogP contribution in [0.5, 0.6) is 0 Å². The van der Waals surface area contributed by atoms with Crippen molar-refractivity contribution in [3.05, 3.63) is 53.2 Å². The minimum atomic E-state index is 0.0612. The van der Waals surface area contributed by atoms with Crippen LogP contribution in [0.4, 0.5) is 5.82 Å². The predicted molar refractivity (Wildman–Crippen MR) is 96.2 cm³/mol. The summed E-state index contributed by atoms with van der Waals surface area (Å²) in [7, 11) is 0. The van der Waals surface area contributed by atoms with E-state index in [1.165, 1.54) is 0 Å². The lowest BCUT2D eigenvalue weighted by molar-refractivity contribution is -0.117. The number of ketones is 1. The summed E-state index contributed by atoms with van der Waals surface area (Å²) in [5.41, 5.74) is 2.88. The number of carbonyl (C=O) groups is 1. The van der Waals surface area contributed by atoms with E-state index in [1.807, 2.05) is 43.3 Å². The Morgan fingerprint density at radius 3 is 2.88 bits per heavy atom. The minimum Gasteiger partial charge on any atom is -0.354 e. The average Bonchev–Trinajstić information content (AvgIpc) is 2.62. The summed E-state index contributed by atoms with van der Waals surface area (Å²) in [5, 5.41) is 17.6. The highest BCUT2D eigenvalue weighted by atomic mass is 16.1. The van der Waals surface area contributed by atoms with Crippen molar-refractivity contribution in [1.82, 2.24) is 10.2 Å². The molecule has 1 aromatic heterocycles. The second-order valence-corrected chi connectivity index (χ2v) is 6.68. The Bertz CT molecular complexity index is 779. The van der Waals surface area contributed by atoms with Crippen molar-refractivity contribution < 1.29 is 4.79 Å². The standard InChI is InChI=1S/C20H22N4O/c1-15-4-2-5-16(10-15)11-19(25)12-18-7-8-20(23-22-18)24-9-3-6-17(13-21)14-24/h2,4-5,7-8,10,17H,3,6,9,11-12,14H2,1H3. The van der Waals surface area contributed by atoms with Crippen LogP contribution >= 0.6 is 0 Å². The van der Waals surface area contributed by atoms with Gasteiger partial charge in [0.2, 0.25) is 0 Å². The van der Waals surface area contributed by atoms with E-state index < -0.39 is 0 Å². The van der Waals surface area contributed by atoms with Gasteiger partial charge in [-0.2, -0.15) is 10.4 Å². The van der Waals surface area contributed by atoms with Crippen molar-refractivity contribution in [2.24, 2.45) is 5.92 Å². The quantitative estimate of drug-likeness (QED) is 0.841. The molecule has 25 heavy (non-hydrogen) atoms. The van der Waals surface area contributed by atoms with Crippen LogP contribution in [0.1, 0.15) is 29.7 Å². The largest absolute Gasteiger partial charge is 0.354 e. The zero-order valence-electron chi connectivity index (χ0n) is 14.5.